The van der Waals surface area contributed by atoms with Crippen molar-refractivity contribution in [2.24, 2.45) is 0 Å². The van der Waals surface area contributed by atoms with Gasteiger partial charge in [-0.2, -0.15) is 13.2 Å². The number of carbonyl (C=O) groups excluding carboxylic acids is 1. The number of nitrogens with one attached hydrogen (secondary N) is 1. The van der Waals surface area contributed by atoms with Crippen LogP contribution in [0, 0.1) is 0 Å². The monoisotopic (exact) mass is 398 g/mol. The summed E-state index contributed by atoms with van der Waals surface area (Å²) in [5.74, 6) is -0.495. The van der Waals surface area contributed by atoms with Gasteiger partial charge in [-0.15, -0.1) is 0 Å². The lowest BCUT2D eigenvalue weighted by Gasteiger charge is -2.18. The molecule has 0 atom stereocenters. The van der Waals surface area contributed by atoms with Gasteiger partial charge in [0.05, 0.1) is 17.8 Å². The Balaban J connectivity index is 1.58. The lowest BCUT2D eigenvalue weighted by molar-refractivity contribution is -0.137. The van der Waals surface area contributed by atoms with Crippen LogP contribution in [0.25, 0.3) is 11.1 Å². The predicted octanol–water partition coefficient (Wildman–Crippen LogP) is 5.44. The van der Waals surface area contributed by atoms with Crippen LogP contribution in [0.3, 0.4) is 0 Å². The Bertz CT molecular complexity index is 954. The number of nitrogens with zero attached hydrogens (tertiary/aromatic N) is 1. The highest BCUT2D eigenvalue weighted by atomic mass is 19.4. The Morgan fingerprint density at radius 3 is 2.10 bits per heavy atom. The first kappa shape index (κ1) is 20.6. The molecule has 150 valence electrons. The minimum absolute atomic E-state index is 0.0212. The van der Waals surface area contributed by atoms with E-state index in [-0.39, 0.29) is 12.2 Å². The second kappa shape index (κ2) is 8.92. The molecule has 0 bridgehead atoms. The van der Waals surface area contributed by atoms with Gasteiger partial charge in [-0.05, 0) is 35.9 Å². The number of rotatable bonds is 6. The Kier molecular flexibility index (Phi) is 6.34. The molecule has 0 saturated heterocycles. The second-order valence-corrected chi connectivity index (χ2v) is 6.83. The van der Waals surface area contributed by atoms with Crippen LogP contribution in [0.4, 0.5) is 18.9 Å². The Morgan fingerprint density at radius 2 is 1.45 bits per heavy atom. The molecule has 3 aromatic carbocycles. The lowest BCUT2D eigenvalue weighted by Crippen LogP contribution is -2.30. The molecule has 0 fully saturated rings. The molecule has 1 N–H and O–H groups in total. The summed E-state index contributed by atoms with van der Waals surface area (Å²) in [6.45, 7) is 0.482. The van der Waals surface area contributed by atoms with Gasteiger partial charge in [0.2, 0.25) is 5.91 Å². The summed E-state index contributed by atoms with van der Waals surface area (Å²) in [7, 11) is 1.75. The molecule has 3 aromatic rings. The molecule has 1 amide bonds. The SMILES string of the molecule is CN(CC(=O)Nc1ccccc1C(F)(F)F)Cc1ccc(-c2ccccc2)cc1. The molecule has 0 spiro atoms. The number of amides is 1. The number of alkyl halides is 3. The van der Waals surface area contributed by atoms with Gasteiger partial charge in [-0.1, -0.05) is 66.7 Å². The van der Waals surface area contributed by atoms with Crippen LogP contribution in [0.2, 0.25) is 0 Å². The maximum atomic E-state index is 13.0. The lowest BCUT2D eigenvalue weighted by atomic mass is 10.0. The normalized spacial score (nSPS) is 11.5. The highest BCUT2D eigenvalue weighted by Gasteiger charge is 2.33. The van der Waals surface area contributed by atoms with Crippen molar-refractivity contribution in [3.63, 3.8) is 0 Å². The molecule has 3 nitrogen and oxygen atoms in total. The van der Waals surface area contributed by atoms with Crippen LogP contribution in [-0.2, 0) is 17.5 Å². The molecule has 0 aromatic heterocycles. The van der Waals surface area contributed by atoms with Gasteiger partial charge in [0.15, 0.2) is 0 Å². The van der Waals surface area contributed by atoms with Crippen molar-refractivity contribution in [3.05, 3.63) is 90.0 Å². The van der Waals surface area contributed by atoms with E-state index in [1.807, 2.05) is 54.6 Å². The summed E-state index contributed by atoms with van der Waals surface area (Å²) < 4.78 is 39.1. The zero-order valence-corrected chi connectivity index (χ0v) is 15.9. The molecule has 6 heteroatoms. The summed E-state index contributed by atoms with van der Waals surface area (Å²) in [5.41, 5.74) is 2.14. The molecular formula is C23H21F3N2O. The standard InChI is InChI=1S/C23H21F3N2O/c1-28(15-17-11-13-19(14-12-17)18-7-3-2-4-8-18)16-22(29)27-21-10-6-5-9-20(21)23(24,25)26/h2-14H,15-16H2,1H3,(H,27,29). The van der Waals surface area contributed by atoms with Crippen molar-refractivity contribution in [1.29, 1.82) is 0 Å². The third-order valence-corrected chi connectivity index (χ3v) is 4.43. The summed E-state index contributed by atoms with van der Waals surface area (Å²) in [4.78, 5) is 14.0. The largest absolute Gasteiger partial charge is 0.418 e. The maximum absolute atomic E-state index is 13.0. The van der Waals surface area contributed by atoms with Gasteiger partial charge in [-0.3, -0.25) is 9.69 Å². The third-order valence-electron chi connectivity index (χ3n) is 4.43. The molecule has 29 heavy (non-hydrogen) atoms. The van der Waals surface area contributed by atoms with Crippen LogP contribution in [-0.4, -0.2) is 24.4 Å². The minimum Gasteiger partial charge on any atom is -0.324 e. The highest BCUT2D eigenvalue weighted by Crippen LogP contribution is 2.34. The van der Waals surface area contributed by atoms with Crippen molar-refractivity contribution in [2.75, 3.05) is 18.9 Å². The van der Waals surface area contributed by atoms with E-state index < -0.39 is 17.6 Å². The number of anilines is 1. The summed E-state index contributed by atoms with van der Waals surface area (Å²) in [5, 5.41) is 2.36. The number of benzene rings is 3. The number of halogens is 3. The van der Waals surface area contributed by atoms with E-state index in [2.05, 4.69) is 5.32 Å². The van der Waals surface area contributed by atoms with Crippen molar-refractivity contribution >= 4 is 11.6 Å². The van der Waals surface area contributed by atoms with Crippen molar-refractivity contribution in [3.8, 4) is 11.1 Å². The van der Waals surface area contributed by atoms with Gasteiger partial charge in [0.25, 0.3) is 0 Å². The Labute approximate surface area is 167 Å². The number of hydrogen-bond donors (Lipinski definition) is 1. The van der Waals surface area contributed by atoms with E-state index in [4.69, 9.17) is 0 Å². The van der Waals surface area contributed by atoms with Crippen LogP contribution in [0.15, 0.2) is 78.9 Å². The topological polar surface area (TPSA) is 32.3 Å². The molecule has 3 rings (SSSR count). The number of carbonyl (C=O) groups is 1. The maximum Gasteiger partial charge on any atom is 0.418 e. The summed E-state index contributed by atoms with van der Waals surface area (Å²) in [6, 6.07) is 22.9. The van der Waals surface area contributed by atoms with E-state index in [0.717, 1.165) is 22.8 Å². The first-order valence-electron chi connectivity index (χ1n) is 9.12. The van der Waals surface area contributed by atoms with Gasteiger partial charge in [0, 0.05) is 6.54 Å². The Hall–Kier alpha value is -3.12. The summed E-state index contributed by atoms with van der Waals surface area (Å²) in [6.07, 6.45) is -4.52. The first-order valence-corrected chi connectivity index (χ1v) is 9.12. The number of hydrogen-bond acceptors (Lipinski definition) is 2. The molecular weight excluding hydrogens is 377 g/mol. The fourth-order valence-corrected chi connectivity index (χ4v) is 3.07. The molecule has 0 aliphatic heterocycles. The summed E-state index contributed by atoms with van der Waals surface area (Å²) >= 11 is 0. The first-order chi connectivity index (χ1) is 13.8. The van der Waals surface area contributed by atoms with Gasteiger partial charge in [-0.25, -0.2) is 0 Å². The highest BCUT2D eigenvalue weighted by molar-refractivity contribution is 5.93. The van der Waals surface area contributed by atoms with Crippen molar-refractivity contribution in [2.45, 2.75) is 12.7 Å². The van der Waals surface area contributed by atoms with Crippen LogP contribution < -0.4 is 5.32 Å². The minimum atomic E-state index is -4.52. The molecule has 0 aliphatic carbocycles. The quantitative estimate of drug-likeness (QED) is 0.599. The number of para-hydroxylation sites is 1. The second-order valence-electron chi connectivity index (χ2n) is 6.83. The fourth-order valence-electron chi connectivity index (χ4n) is 3.07. The zero-order chi connectivity index (χ0) is 20.9. The van der Waals surface area contributed by atoms with Crippen molar-refractivity contribution in [1.82, 2.24) is 4.90 Å². The average Bonchev–Trinajstić information content (AvgIpc) is 2.68. The predicted molar refractivity (Wildman–Crippen MR) is 108 cm³/mol. The van der Waals surface area contributed by atoms with Crippen molar-refractivity contribution < 1.29 is 18.0 Å². The molecule has 0 aliphatic rings. The van der Waals surface area contributed by atoms with E-state index in [1.165, 1.54) is 18.2 Å². The van der Waals surface area contributed by atoms with E-state index in [9.17, 15) is 18.0 Å². The smallest absolute Gasteiger partial charge is 0.324 e. The fraction of sp³-hybridized carbons (Fsp3) is 0.174. The Morgan fingerprint density at radius 1 is 0.862 bits per heavy atom. The molecule has 0 radical (unpaired) electrons. The van der Waals surface area contributed by atoms with Gasteiger partial charge < -0.3 is 5.32 Å². The molecule has 0 unspecified atom stereocenters. The van der Waals surface area contributed by atoms with E-state index in [1.54, 1.807) is 11.9 Å². The average molecular weight is 398 g/mol. The van der Waals surface area contributed by atoms with Crippen LogP contribution in [0.5, 0.6) is 0 Å². The zero-order valence-electron chi connectivity index (χ0n) is 15.9. The third kappa shape index (κ3) is 5.68. The van der Waals surface area contributed by atoms with Crippen LogP contribution >= 0.6 is 0 Å². The van der Waals surface area contributed by atoms with Gasteiger partial charge >= 0.3 is 6.18 Å². The van der Waals surface area contributed by atoms with E-state index >= 15 is 0 Å². The van der Waals surface area contributed by atoms with Gasteiger partial charge in [0.1, 0.15) is 0 Å². The molecule has 0 saturated carbocycles. The molecule has 0 heterocycles. The van der Waals surface area contributed by atoms with Crippen LogP contribution in [0.1, 0.15) is 11.1 Å². The van der Waals surface area contributed by atoms with E-state index in [0.29, 0.717) is 6.54 Å². The number of likely N-dealkylation sites (N-methyl/N-ethyl adjacent to an activating group) is 1.